The standard InChI is InChI=1S/C18H18N4O2S/c1-24-12-6-4-11(5-7-12)15-9-13-16(25-15)18(21-10-20-13)22-8-2-3-14(22)17(19)23/h4-7,9-10,14H,2-3,8H2,1H3,(H2,19,23)/t14-/m0/s1. The lowest BCUT2D eigenvalue weighted by Crippen LogP contribution is -2.40. The number of ether oxygens (including phenoxy) is 1. The molecule has 0 bridgehead atoms. The number of carbonyl (C=O) groups excluding carboxylic acids is 1. The SMILES string of the molecule is COc1ccc(-c2cc3ncnc(N4CCC[C@H]4C(N)=O)c3s2)cc1. The van der Waals surface area contributed by atoms with Crippen LogP contribution in [0.4, 0.5) is 5.82 Å². The molecule has 1 aliphatic heterocycles. The highest BCUT2D eigenvalue weighted by Crippen LogP contribution is 2.39. The molecule has 0 unspecified atom stereocenters. The van der Waals surface area contributed by atoms with Crippen LogP contribution in [-0.4, -0.2) is 35.6 Å². The fraction of sp³-hybridized carbons (Fsp3) is 0.278. The van der Waals surface area contributed by atoms with Crippen molar-refractivity contribution in [2.45, 2.75) is 18.9 Å². The highest BCUT2D eigenvalue weighted by Gasteiger charge is 2.31. The van der Waals surface area contributed by atoms with Gasteiger partial charge in [-0.2, -0.15) is 0 Å². The lowest BCUT2D eigenvalue weighted by Gasteiger charge is -2.23. The van der Waals surface area contributed by atoms with Crippen molar-refractivity contribution in [1.29, 1.82) is 0 Å². The predicted octanol–water partition coefficient (Wildman–Crippen LogP) is 2.82. The Morgan fingerprint density at radius 2 is 2.12 bits per heavy atom. The number of fused-ring (bicyclic) bond motifs is 1. The largest absolute Gasteiger partial charge is 0.497 e. The molecule has 6 nitrogen and oxygen atoms in total. The first-order chi connectivity index (χ1) is 12.2. The fourth-order valence-corrected chi connectivity index (χ4v) is 4.38. The van der Waals surface area contributed by atoms with Gasteiger partial charge in [0.1, 0.15) is 18.1 Å². The van der Waals surface area contributed by atoms with Gasteiger partial charge in [-0.25, -0.2) is 9.97 Å². The third-order valence-electron chi connectivity index (χ3n) is 4.52. The highest BCUT2D eigenvalue weighted by atomic mass is 32.1. The Morgan fingerprint density at radius 1 is 1.32 bits per heavy atom. The summed E-state index contributed by atoms with van der Waals surface area (Å²) in [6.45, 7) is 0.787. The minimum atomic E-state index is -0.295. The van der Waals surface area contributed by atoms with Gasteiger partial charge in [0.05, 0.1) is 17.3 Å². The molecule has 7 heteroatoms. The molecule has 1 amide bonds. The topological polar surface area (TPSA) is 81.3 Å². The van der Waals surface area contributed by atoms with Crippen molar-refractivity contribution in [3.8, 4) is 16.2 Å². The minimum Gasteiger partial charge on any atom is -0.497 e. The number of nitrogens with two attached hydrogens (primary N) is 1. The number of primary amides is 1. The molecular weight excluding hydrogens is 336 g/mol. The molecule has 1 saturated heterocycles. The zero-order chi connectivity index (χ0) is 17.4. The molecule has 0 saturated carbocycles. The van der Waals surface area contributed by atoms with Gasteiger partial charge in [-0.1, -0.05) is 0 Å². The molecule has 3 heterocycles. The number of hydrogen-bond acceptors (Lipinski definition) is 6. The summed E-state index contributed by atoms with van der Waals surface area (Å²) in [6.07, 6.45) is 3.27. The van der Waals surface area contributed by atoms with E-state index >= 15 is 0 Å². The van der Waals surface area contributed by atoms with Gasteiger partial charge in [-0.15, -0.1) is 11.3 Å². The Labute approximate surface area is 149 Å². The summed E-state index contributed by atoms with van der Waals surface area (Å²) in [4.78, 5) is 23.7. The van der Waals surface area contributed by atoms with Gasteiger partial charge in [0.2, 0.25) is 5.91 Å². The number of benzene rings is 1. The molecule has 1 aliphatic rings. The maximum Gasteiger partial charge on any atom is 0.240 e. The van der Waals surface area contributed by atoms with Gasteiger partial charge in [0.25, 0.3) is 0 Å². The van der Waals surface area contributed by atoms with Crippen LogP contribution in [0.25, 0.3) is 20.7 Å². The number of thiophene rings is 1. The number of methoxy groups -OCH3 is 1. The number of aromatic nitrogens is 2. The fourth-order valence-electron chi connectivity index (χ4n) is 3.26. The normalized spacial score (nSPS) is 17.2. The minimum absolute atomic E-state index is 0.287. The van der Waals surface area contributed by atoms with E-state index in [0.29, 0.717) is 0 Å². The van der Waals surface area contributed by atoms with Crippen molar-refractivity contribution >= 4 is 33.3 Å². The molecule has 4 rings (SSSR count). The number of nitrogens with zero attached hydrogens (tertiary/aromatic N) is 3. The maximum atomic E-state index is 11.7. The van der Waals surface area contributed by atoms with E-state index in [1.54, 1.807) is 24.8 Å². The van der Waals surface area contributed by atoms with Crippen molar-refractivity contribution in [2.75, 3.05) is 18.6 Å². The summed E-state index contributed by atoms with van der Waals surface area (Å²) < 4.78 is 6.20. The molecular formula is C18H18N4O2S. The molecule has 25 heavy (non-hydrogen) atoms. The van der Waals surface area contributed by atoms with Crippen LogP contribution < -0.4 is 15.4 Å². The number of carbonyl (C=O) groups is 1. The lowest BCUT2D eigenvalue weighted by molar-refractivity contribution is -0.119. The first-order valence-electron chi connectivity index (χ1n) is 8.12. The number of amides is 1. The second-order valence-electron chi connectivity index (χ2n) is 6.00. The molecule has 2 N–H and O–H groups in total. The van der Waals surface area contributed by atoms with E-state index < -0.39 is 0 Å². The van der Waals surface area contributed by atoms with Gasteiger partial charge in [-0.05, 0) is 48.7 Å². The summed E-state index contributed by atoms with van der Waals surface area (Å²) in [6, 6.07) is 9.70. The van der Waals surface area contributed by atoms with E-state index in [-0.39, 0.29) is 11.9 Å². The summed E-state index contributed by atoms with van der Waals surface area (Å²) in [5, 5.41) is 0. The molecule has 0 aliphatic carbocycles. The van der Waals surface area contributed by atoms with E-state index in [2.05, 4.69) is 16.0 Å². The van der Waals surface area contributed by atoms with Crippen LogP contribution in [0, 0.1) is 0 Å². The third kappa shape index (κ3) is 2.80. The average Bonchev–Trinajstić information content (AvgIpc) is 3.28. The molecule has 128 valence electrons. The van der Waals surface area contributed by atoms with Crippen LogP contribution in [0.1, 0.15) is 12.8 Å². The molecule has 0 radical (unpaired) electrons. The summed E-state index contributed by atoms with van der Waals surface area (Å²) in [5.41, 5.74) is 7.55. The van der Waals surface area contributed by atoms with Crippen molar-refractivity contribution < 1.29 is 9.53 Å². The molecule has 0 spiro atoms. The van der Waals surface area contributed by atoms with E-state index in [4.69, 9.17) is 10.5 Å². The zero-order valence-corrected chi connectivity index (χ0v) is 14.6. The first kappa shape index (κ1) is 15.8. The number of anilines is 1. The van der Waals surface area contributed by atoms with Crippen LogP contribution in [0.15, 0.2) is 36.7 Å². The zero-order valence-electron chi connectivity index (χ0n) is 13.8. The third-order valence-corrected chi connectivity index (χ3v) is 5.69. The summed E-state index contributed by atoms with van der Waals surface area (Å²) >= 11 is 1.63. The van der Waals surface area contributed by atoms with Crippen LogP contribution in [0.2, 0.25) is 0 Å². The van der Waals surface area contributed by atoms with Crippen molar-refractivity contribution in [1.82, 2.24) is 9.97 Å². The lowest BCUT2D eigenvalue weighted by atomic mass is 10.2. The van der Waals surface area contributed by atoms with E-state index in [1.165, 1.54) is 0 Å². The summed E-state index contributed by atoms with van der Waals surface area (Å²) in [5.74, 6) is 1.33. The Bertz CT molecular complexity index is 922. The molecule has 1 atom stereocenters. The monoisotopic (exact) mass is 354 g/mol. The molecule has 1 fully saturated rings. The van der Waals surface area contributed by atoms with Gasteiger partial charge in [0.15, 0.2) is 5.82 Å². The first-order valence-corrected chi connectivity index (χ1v) is 8.94. The second kappa shape index (κ2) is 6.33. The second-order valence-corrected chi connectivity index (χ2v) is 7.06. The number of rotatable bonds is 4. The number of hydrogen-bond donors (Lipinski definition) is 1. The summed E-state index contributed by atoms with van der Waals surface area (Å²) in [7, 11) is 1.65. The van der Waals surface area contributed by atoms with Crippen molar-refractivity contribution in [2.24, 2.45) is 5.73 Å². The molecule has 1 aromatic carbocycles. The van der Waals surface area contributed by atoms with Crippen LogP contribution in [0.3, 0.4) is 0 Å². The Kier molecular flexibility index (Phi) is 4.01. The van der Waals surface area contributed by atoms with Crippen molar-refractivity contribution in [3.05, 3.63) is 36.7 Å². The Hall–Kier alpha value is -2.67. The van der Waals surface area contributed by atoms with Gasteiger partial charge in [-0.3, -0.25) is 4.79 Å². The Balaban J connectivity index is 1.77. The molecule has 3 aromatic rings. The van der Waals surface area contributed by atoms with E-state index in [1.807, 2.05) is 29.2 Å². The quantitative estimate of drug-likeness (QED) is 0.779. The predicted molar refractivity (Wildman–Crippen MR) is 99.0 cm³/mol. The van der Waals surface area contributed by atoms with E-state index in [9.17, 15) is 4.79 Å². The van der Waals surface area contributed by atoms with Crippen LogP contribution in [-0.2, 0) is 4.79 Å². The van der Waals surface area contributed by atoms with Crippen LogP contribution in [0.5, 0.6) is 5.75 Å². The van der Waals surface area contributed by atoms with Gasteiger partial charge >= 0.3 is 0 Å². The van der Waals surface area contributed by atoms with E-state index in [0.717, 1.165) is 51.6 Å². The Morgan fingerprint density at radius 3 is 2.84 bits per heavy atom. The highest BCUT2D eigenvalue weighted by molar-refractivity contribution is 7.22. The van der Waals surface area contributed by atoms with Crippen LogP contribution >= 0.6 is 11.3 Å². The maximum absolute atomic E-state index is 11.7. The average molecular weight is 354 g/mol. The smallest absolute Gasteiger partial charge is 0.240 e. The molecule has 2 aromatic heterocycles. The van der Waals surface area contributed by atoms with Gasteiger partial charge < -0.3 is 15.4 Å². The van der Waals surface area contributed by atoms with Gasteiger partial charge in [0, 0.05) is 11.4 Å². The van der Waals surface area contributed by atoms with Crippen molar-refractivity contribution in [3.63, 3.8) is 0 Å².